The maximum Gasteiger partial charge on any atom is 0.401 e. The van der Waals surface area contributed by atoms with E-state index in [1.165, 1.54) is 4.90 Å². The fourth-order valence-electron chi connectivity index (χ4n) is 7.64. The summed E-state index contributed by atoms with van der Waals surface area (Å²) in [6, 6.07) is 12.5. The Bertz CT molecular complexity index is 1700. The number of carboxylic acid groups (broad SMARTS) is 1. The monoisotopic (exact) mass is 717 g/mol. The maximum absolute atomic E-state index is 13.9. The second kappa shape index (κ2) is 15.3. The molecule has 10 nitrogen and oxygen atoms in total. The van der Waals surface area contributed by atoms with Gasteiger partial charge in [-0.1, -0.05) is 35.9 Å². The molecule has 1 aromatic heterocycles. The van der Waals surface area contributed by atoms with E-state index < -0.39 is 18.7 Å². The highest BCUT2D eigenvalue weighted by molar-refractivity contribution is 6.34. The average Bonchev–Trinajstić information content (AvgIpc) is 3.66. The molecule has 0 radical (unpaired) electrons. The summed E-state index contributed by atoms with van der Waals surface area (Å²) < 4.78 is 47.0. The molecule has 0 unspecified atom stereocenters. The number of nitrogens with one attached hydrogen (secondary N) is 1. The summed E-state index contributed by atoms with van der Waals surface area (Å²) >= 11 is 6.62. The van der Waals surface area contributed by atoms with Gasteiger partial charge in [0.1, 0.15) is 0 Å². The number of carbonyl (C=O) groups excluding carboxylic acids is 2. The Morgan fingerprint density at radius 1 is 1.02 bits per heavy atom. The second-order valence-corrected chi connectivity index (χ2v) is 14.2. The van der Waals surface area contributed by atoms with Crippen LogP contribution in [-0.2, 0) is 27.8 Å². The van der Waals surface area contributed by atoms with Crippen molar-refractivity contribution in [3.8, 4) is 0 Å². The van der Waals surface area contributed by atoms with Crippen LogP contribution in [0.5, 0.6) is 0 Å². The highest BCUT2D eigenvalue weighted by Gasteiger charge is 2.40. The van der Waals surface area contributed by atoms with Gasteiger partial charge in [-0.05, 0) is 55.9 Å². The van der Waals surface area contributed by atoms with Crippen molar-refractivity contribution in [3.05, 3.63) is 64.8 Å². The van der Waals surface area contributed by atoms with Crippen LogP contribution in [0.4, 0.5) is 18.9 Å². The predicted octanol–water partition coefficient (Wildman–Crippen LogP) is 5.44. The van der Waals surface area contributed by atoms with Crippen molar-refractivity contribution in [2.75, 3.05) is 51.2 Å². The Morgan fingerprint density at radius 2 is 1.74 bits per heavy atom. The number of benzene rings is 2. The first-order valence-electron chi connectivity index (χ1n) is 17.2. The van der Waals surface area contributed by atoms with Gasteiger partial charge < -0.3 is 24.6 Å². The zero-order chi connectivity index (χ0) is 35.6. The van der Waals surface area contributed by atoms with E-state index in [9.17, 15) is 32.7 Å². The zero-order valence-electron chi connectivity index (χ0n) is 28.0. The quantitative estimate of drug-likeness (QED) is 0.288. The van der Waals surface area contributed by atoms with Crippen LogP contribution in [0.2, 0.25) is 5.02 Å². The van der Waals surface area contributed by atoms with Gasteiger partial charge in [0.15, 0.2) is 0 Å². The van der Waals surface area contributed by atoms with Crippen molar-refractivity contribution < 1.29 is 37.4 Å². The smallest absolute Gasteiger partial charge is 0.401 e. The fraction of sp³-hybridized carbons (Fsp3) is 0.528. The number of aromatic nitrogens is 1. The van der Waals surface area contributed by atoms with Crippen molar-refractivity contribution in [1.29, 1.82) is 0 Å². The van der Waals surface area contributed by atoms with Crippen LogP contribution in [-0.4, -0.2) is 112 Å². The molecule has 14 heteroatoms. The Morgan fingerprint density at radius 3 is 2.42 bits per heavy atom. The number of anilines is 1. The molecular formula is C36H43ClF3N5O5. The largest absolute Gasteiger partial charge is 0.481 e. The van der Waals surface area contributed by atoms with Crippen molar-refractivity contribution >= 4 is 46.0 Å². The molecule has 2 N–H and O–H groups in total. The van der Waals surface area contributed by atoms with E-state index in [0.717, 1.165) is 10.9 Å². The molecule has 2 amide bonds. The summed E-state index contributed by atoms with van der Waals surface area (Å²) in [6.45, 7) is 1.39. The summed E-state index contributed by atoms with van der Waals surface area (Å²) in [6.07, 6.45) is 0.548. The van der Waals surface area contributed by atoms with E-state index >= 15 is 0 Å². The Hall–Kier alpha value is -3.65. The minimum atomic E-state index is -4.24. The minimum absolute atomic E-state index is 0.0152. The number of alkyl halides is 3. The van der Waals surface area contributed by atoms with Crippen molar-refractivity contribution in [1.82, 2.24) is 19.3 Å². The molecule has 1 aliphatic carbocycles. The number of rotatable bonds is 10. The van der Waals surface area contributed by atoms with Crippen LogP contribution >= 0.6 is 11.6 Å². The lowest BCUT2D eigenvalue weighted by molar-refractivity contribution is -0.150. The number of likely N-dealkylation sites (tertiary alicyclic amines) is 1. The number of fused-ring (bicyclic) bond motifs is 1. The first kappa shape index (κ1) is 36.2. The van der Waals surface area contributed by atoms with Gasteiger partial charge in [-0.3, -0.25) is 24.2 Å². The molecule has 0 spiro atoms. The van der Waals surface area contributed by atoms with Gasteiger partial charge >= 0.3 is 12.1 Å². The molecule has 2 aliphatic heterocycles. The Kier molecular flexibility index (Phi) is 11.1. The summed E-state index contributed by atoms with van der Waals surface area (Å²) in [5.41, 5.74) is 2.56. The first-order chi connectivity index (χ1) is 23.8. The van der Waals surface area contributed by atoms with Gasteiger partial charge in [-0.2, -0.15) is 13.2 Å². The highest BCUT2D eigenvalue weighted by atomic mass is 35.5. The topological polar surface area (TPSA) is 107 Å². The molecular weight excluding hydrogens is 675 g/mol. The molecule has 6 rings (SSSR count). The van der Waals surface area contributed by atoms with Crippen molar-refractivity contribution in [3.63, 3.8) is 0 Å². The Labute approximate surface area is 294 Å². The number of amides is 2. The van der Waals surface area contributed by atoms with Gasteiger partial charge in [-0.15, -0.1) is 0 Å². The lowest BCUT2D eigenvalue weighted by Gasteiger charge is -2.38. The van der Waals surface area contributed by atoms with Gasteiger partial charge in [0, 0.05) is 62.9 Å². The number of carbonyl (C=O) groups is 3. The molecule has 50 heavy (non-hydrogen) atoms. The molecule has 270 valence electrons. The summed E-state index contributed by atoms with van der Waals surface area (Å²) in [5, 5.41) is 13.4. The number of hydrogen-bond acceptors (Lipinski definition) is 6. The molecule has 3 aliphatic rings. The number of aliphatic carboxylic acids is 1. The number of carboxylic acids is 1. The molecule has 2 atom stereocenters. The third-order valence-corrected chi connectivity index (χ3v) is 10.7. The molecule has 2 aromatic carbocycles. The van der Waals surface area contributed by atoms with Crippen molar-refractivity contribution in [2.24, 2.45) is 13.0 Å². The average molecular weight is 718 g/mol. The number of nitrogens with zero attached hydrogens (tertiary/aromatic N) is 4. The number of hydrogen-bond donors (Lipinski definition) is 2. The van der Waals surface area contributed by atoms with Gasteiger partial charge in [0.25, 0.3) is 5.91 Å². The molecule has 3 aromatic rings. The minimum Gasteiger partial charge on any atom is -0.481 e. The molecule has 2 saturated heterocycles. The van der Waals surface area contributed by atoms with E-state index in [2.05, 4.69) is 10.2 Å². The number of ether oxygens (including phenoxy) is 1. The van der Waals surface area contributed by atoms with Crippen LogP contribution in [0.25, 0.3) is 10.9 Å². The third-order valence-electron chi connectivity index (χ3n) is 10.4. The zero-order valence-corrected chi connectivity index (χ0v) is 28.8. The van der Waals surface area contributed by atoms with Crippen LogP contribution in [0.15, 0.2) is 48.7 Å². The summed E-state index contributed by atoms with van der Waals surface area (Å²) in [5.74, 6) is -1.55. The Balaban J connectivity index is 1.10. The van der Waals surface area contributed by atoms with E-state index in [1.54, 1.807) is 24.4 Å². The highest BCUT2D eigenvalue weighted by Crippen LogP contribution is 2.31. The van der Waals surface area contributed by atoms with Crippen molar-refractivity contribution in [2.45, 2.75) is 62.9 Å². The fourth-order valence-corrected chi connectivity index (χ4v) is 7.89. The van der Waals surface area contributed by atoms with Crippen LogP contribution in [0.1, 0.15) is 48.0 Å². The van der Waals surface area contributed by atoms with Gasteiger partial charge in [-0.25, -0.2) is 0 Å². The normalized spacial score (nSPS) is 23.7. The van der Waals surface area contributed by atoms with E-state index in [-0.39, 0.29) is 42.3 Å². The molecule has 0 bridgehead atoms. The SMILES string of the molecule is Cn1cc(C(=O)Nc2ccc(CC(=O)N3C[C@@H](N4CCN(CC(F)(F)F)CC4)C[C@H]3CO[C@H]3CC[C@H](C(=O)O)CC3)cc2Cl)c2ccccc21. The van der Waals surface area contributed by atoms with E-state index in [4.69, 9.17) is 16.3 Å². The number of aryl methyl sites for hydroxylation is 1. The first-order valence-corrected chi connectivity index (χ1v) is 17.5. The van der Waals surface area contributed by atoms with Gasteiger partial charge in [0.2, 0.25) is 5.91 Å². The van der Waals surface area contributed by atoms with Crippen LogP contribution in [0.3, 0.4) is 0 Å². The summed E-state index contributed by atoms with van der Waals surface area (Å²) in [7, 11) is 1.88. The van der Waals surface area contributed by atoms with Crippen LogP contribution < -0.4 is 5.32 Å². The molecule has 3 heterocycles. The molecule has 3 fully saturated rings. The maximum atomic E-state index is 13.9. The number of piperazine rings is 1. The summed E-state index contributed by atoms with van der Waals surface area (Å²) in [4.78, 5) is 43.8. The number of para-hydroxylation sites is 1. The predicted molar refractivity (Wildman–Crippen MR) is 183 cm³/mol. The van der Waals surface area contributed by atoms with Gasteiger partial charge in [0.05, 0.1) is 53.9 Å². The second-order valence-electron chi connectivity index (χ2n) is 13.8. The number of halogens is 4. The standard InChI is InChI=1S/C36H43ClF3N5O5/c1-42-20-29(28-4-2-3-5-32(28)42)34(47)41-31-11-6-23(16-30(31)37)17-33(46)45-19-25(44-14-12-43(13-15-44)22-36(38,39)40)18-26(45)21-50-27-9-7-24(8-10-27)35(48)49/h2-6,11,16,20,24-27H,7-10,12-15,17-19,21-22H2,1H3,(H,41,47)(H,48,49)/t24-,25-,26-,27-/m0/s1. The van der Waals surface area contributed by atoms with E-state index in [1.807, 2.05) is 40.8 Å². The van der Waals surface area contributed by atoms with E-state index in [0.29, 0.717) is 93.3 Å². The third kappa shape index (κ3) is 8.62. The molecule has 1 saturated carbocycles. The van der Waals surface area contributed by atoms with Crippen LogP contribution in [0, 0.1) is 5.92 Å². The lowest BCUT2D eigenvalue weighted by Crippen LogP contribution is -2.52. The lowest BCUT2D eigenvalue weighted by atomic mass is 9.87.